The van der Waals surface area contributed by atoms with Crippen molar-refractivity contribution in [3.8, 4) is 0 Å². The van der Waals surface area contributed by atoms with Gasteiger partial charge in [-0.1, -0.05) is 20.3 Å². The quantitative estimate of drug-likeness (QED) is 0.829. The van der Waals surface area contributed by atoms with E-state index in [1.807, 2.05) is 0 Å². The first-order valence-electron chi connectivity index (χ1n) is 8.06. The van der Waals surface area contributed by atoms with Crippen molar-refractivity contribution in [3.63, 3.8) is 0 Å². The Balaban J connectivity index is 1.77. The van der Waals surface area contributed by atoms with E-state index in [0.717, 1.165) is 30.0 Å². The number of nitrogens with zero attached hydrogens (tertiary/aromatic N) is 1. The van der Waals surface area contributed by atoms with Crippen molar-refractivity contribution in [2.75, 3.05) is 13.1 Å². The molecule has 0 aromatic carbocycles. The predicted octanol–water partition coefficient (Wildman–Crippen LogP) is 3.27. The summed E-state index contributed by atoms with van der Waals surface area (Å²) in [7, 11) is 0. The molecule has 1 saturated carbocycles. The fourth-order valence-corrected chi connectivity index (χ4v) is 3.65. The van der Waals surface area contributed by atoms with Crippen molar-refractivity contribution in [1.29, 1.82) is 0 Å². The van der Waals surface area contributed by atoms with Gasteiger partial charge in [-0.3, -0.25) is 0 Å². The molecule has 106 valence electrons. The number of piperidine rings is 1. The molecule has 0 spiro atoms. The van der Waals surface area contributed by atoms with Gasteiger partial charge in [0.1, 0.15) is 0 Å². The van der Waals surface area contributed by atoms with Crippen molar-refractivity contribution < 1.29 is 0 Å². The van der Waals surface area contributed by atoms with Crippen LogP contribution in [0.25, 0.3) is 0 Å². The zero-order valence-electron chi connectivity index (χ0n) is 12.8. The molecular weight excluding hydrogens is 220 g/mol. The predicted molar refractivity (Wildman–Crippen MR) is 78.8 cm³/mol. The summed E-state index contributed by atoms with van der Waals surface area (Å²) in [5.74, 6) is 1.80. The van der Waals surface area contributed by atoms with E-state index < -0.39 is 0 Å². The summed E-state index contributed by atoms with van der Waals surface area (Å²) in [6.45, 7) is 12.1. The van der Waals surface area contributed by atoms with Crippen LogP contribution >= 0.6 is 0 Å². The number of hydrogen-bond acceptors (Lipinski definition) is 2. The van der Waals surface area contributed by atoms with Gasteiger partial charge in [-0.15, -0.1) is 0 Å². The molecule has 2 nitrogen and oxygen atoms in total. The van der Waals surface area contributed by atoms with Gasteiger partial charge in [0.25, 0.3) is 0 Å². The van der Waals surface area contributed by atoms with E-state index in [4.69, 9.17) is 0 Å². The van der Waals surface area contributed by atoms with Gasteiger partial charge in [-0.25, -0.2) is 0 Å². The van der Waals surface area contributed by atoms with Crippen molar-refractivity contribution >= 4 is 0 Å². The molecule has 0 radical (unpaired) electrons. The van der Waals surface area contributed by atoms with Crippen LogP contribution in [0.2, 0.25) is 0 Å². The third-order valence-corrected chi connectivity index (χ3v) is 5.17. The molecule has 1 heterocycles. The van der Waals surface area contributed by atoms with Crippen LogP contribution in [-0.2, 0) is 0 Å². The van der Waals surface area contributed by atoms with Crippen LogP contribution in [-0.4, -0.2) is 36.1 Å². The van der Waals surface area contributed by atoms with Crippen LogP contribution in [0.5, 0.6) is 0 Å². The molecule has 18 heavy (non-hydrogen) atoms. The number of hydrogen-bond donors (Lipinski definition) is 1. The van der Waals surface area contributed by atoms with E-state index in [1.165, 1.54) is 45.2 Å². The highest BCUT2D eigenvalue weighted by molar-refractivity contribution is 4.87. The fraction of sp³-hybridized carbons (Fsp3) is 1.00. The summed E-state index contributed by atoms with van der Waals surface area (Å²) in [5.41, 5.74) is 0. The van der Waals surface area contributed by atoms with E-state index in [2.05, 4.69) is 37.9 Å². The lowest BCUT2D eigenvalue weighted by Crippen LogP contribution is -2.50. The van der Waals surface area contributed by atoms with E-state index in [-0.39, 0.29) is 0 Å². The molecule has 0 aromatic heterocycles. The Morgan fingerprint density at radius 3 is 2.28 bits per heavy atom. The smallest absolute Gasteiger partial charge is 0.00978 e. The average Bonchev–Trinajstić information content (AvgIpc) is 2.34. The number of likely N-dealkylation sites (tertiary alicyclic amines) is 1. The van der Waals surface area contributed by atoms with Crippen molar-refractivity contribution in [1.82, 2.24) is 10.2 Å². The summed E-state index contributed by atoms with van der Waals surface area (Å²) in [4.78, 5) is 2.62. The maximum atomic E-state index is 3.97. The Hall–Kier alpha value is -0.0800. The van der Waals surface area contributed by atoms with E-state index in [1.54, 1.807) is 0 Å². The topological polar surface area (TPSA) is 15.3 Å². The standard InChI is InChI=1S/C16H32N2/c1-12(2)18-9-7-15(8-10-18)17-16-11-13(3)5-6-14(16)4/h12-17H,5-11H2,1-4H3. The van der Waals surface area contributed by atoms with Crippen molar-refractivity contribution in [2.24, 2.45) is 11.8 Å². The van der Waals surface area contributed by atoms with Gasteiger partial charge in [0.05, 0.1) is 0 Å². The Labute approximate surface area is 114 Å². The average molecular weight is 252 g/mol. The molecule has 1 saturated heterocycles. The second-order valence-electron chi connectivity index (χ2n) is 7.07. The Bertz CT molecular complexity index is 243. The molecule has 2 fully saturated rings. The van der Waals surface area contributed by atoms with Crippen molar-refractivity contribution in [2.45, 2.75) is 77.9 Å². The minimum atomic E-state index is 0.722. The molecule has 0 amide bonds. The van der Waals surface area contributed by atoms with E-state index in [0.29, 0.717) is 0 Å². The summed E-state index contributed by atoms with van der Waals surface area (Å²) in [5, 5.41) is 3.97. The van der Waals surface area contributed by atoms with Crippen LogP contribution < -0.4 is 5.32 Å². The molecular formula is C16H32N2. The summed E-state index contributed by atoms with van der Waals surface area (Å²) < 4.78 is 0. The Kier molecular flexibility index (Phi) is 5.08. The minimum absolute atomic E-state index is 0.722. The van der Waals surface area contributed by atoms with E-state index in [9.17, 15) is 0 Å². The summed E-state index contributed by atoms with van der Waals surface area (Å²) in [6, 6.07) is 2.28. The van der Waals surface area contributed by atoms with Gasteiger partial charge >= 0.3 is 0 Å². The van der Waals surface area contributed by atoms with Crippen LogP contribution in [0, 0.1) is 11.8 Å². The highest BCUT2D eigenvalue weighted by Gasteiger charge is 2.29. The minimum Gasteiger partial charge on any atom is -0.311 e. The molecule has 0 aromatic rings. The van der Waals surface area contributed by atoms with Gasteiger partial charge < -0.3 is 10.2 Å². The van der Waals surface area contributed by atoms with Gasteiger partial charge in [0.2, 0.25) is 0 Å². The molecule has 2 rings (SSSR count). The normalized spacial score (nSPS) is 36.2. The molecule has 1 aliphatic carbocycles. The third kappa shape index (κ3) is 3.71. The number of rotatable bonds is 3. The van der Waals surface area contributed by atoms with Crippen LogP contribution in [0.3, 0.4) is 0 Å². The zero-order chi connectivity index (χ0) is 13.1. The van der Waals surface area contributed by atoms with Crippen LogP contribution in [0.15, 0.2) is 0 Å². The Morgan fingerprint density at radius 1 is 1.00 bits per heavy atom. The summed E-state index contributed by atoms with van der Waals surface area (Å²) in [6.07, 6.45) is 6.94. The molecule has 1 aliphatic heterocycles. The molecule has 0 bridgehead atoms. The van der Waals surface area contributed by atoms with Gasteiger partial charge in [0.15, 0.2) is 0 Å². The zero-order valence-corrected chi connectivity index (χ0v) is 12.8. The van der Waals surface area contributed by atoms with Crippen LogP contribution in [0.4, 0.5) is 0 Å². The first-order chi connectivity index (χ1) is 8.56. The lowest BCUT2D eigenvalue weighted by Gasteiger charge is -2.40. The van der Waals surface area contributed by atoms with Crippen LogP contribution in [0.1, 0.15) is 59.8 Å². The van der Waals surface area contributed by atoms with E-state index >= 15 is 0 Å². The second-order valence-corrected chi connectivity index (χ2v) is 7.07. The maximum Gasteiger partial charge on any atom is 0.00978 e. The molecule has 3 atom stereocenters. The highest BCUT2D eigenvalue weighted by Crippen LogP contribution is 2.29. The first kappa shape index (κ1) is 14.3. The molecule has 2 heteroatoms. The van der Waals surface area contributed by atoms with Gasteiger partial charge in [-0.2, -0.15) is 0 Å². The highest BCUT2D eigenvalue weighted by atomic mass is 15.2. The Morgan fingerprint density at radius 2 is 1.67 bits per heavy atom. The second kappa shape index (κ2) is 6.38. The third-order valence-electron chi connectivity index (χ3n) is 5.17. The fourth-order valence-electron chi connectivity index (χ4n) is 3.65. The van der Waals surface area contributed by atoms with Crippen molar-refractivity contribution in [3.05, 3.63) is 0 Å². The lowest BCUT2D eigenvalue weighted by molar-refractivity contribution is 0.137. The van der Waals surface area contributed by atoms with Gasteiger partial charge in [0, 0.05) is 18.1 Å². The largest absolute Gasteiger partial charge is 0.311 e. The lowest BCUT2D eigenvalue weighted by atomic mass is 9.79. The molecule has 1 N–H and O–H groups in total. The summed E-state index contributed by atoms with van der Waals surface area (Å²) >= 11 is 0. The monoisotopic (exact) mass is 252 g/mol. The molecule has 2 aliphatic rings. The maximum absolute atomic E-state index is 3.97. The first-order valence-corrected chi connectivity index (χ1v) is 8.06. The SMILES string of the molecule is CC1CCC(C)C(NC2CCN(C(C)C)CC2)C1. The van der Waals surface area contributed by atoms with Gasteiger partial charge in [-0.05, 0) is 64.5 Å². The molecule has 3 unspecified atom stereocenters. The number of nitrogens with one attached hydrogen (secondary N) is 1.